The molecule has 0 atom stereocenters. The lowest BCUT2D eigenvalue weighted by Gasteiger charge is -2.00. The highest BCUT2D eigenvalue weighted by Gasteiger charge is 1.95. The van der Waals surface area contributed by atoms with Gasteiger partial charge in [-0.3, -0.25) is 0 Å². The predicted octanol–water partition coefficient (Wildman–Crippen LogP) is 3.95. The van der Waals surface area contributed by atoms with Gasteiger partial charge in [-0.1, -0.05) is 48.9 Å². The molecule has 15 heavy (non-hydrogen) atoms. The van der Waals surface area contributed by atoms with Crippen LogP contribution >= 0.6 is 0 Å². The summed E-state index contributed by atoms with van der Waals surface area (Å²) in [7, 11) is 0. The number of hydrogen-bond donors (Lipinski definition) is 1. The highest BCUT2D eigenvalue weighted by Crippen LogP contribution is 2.07. The second-order valence-corrected chi connectivity index (χ2v) is 3.66. The van der Waals surface area contributed by atoms with E-state index in [-0.39, 0.29) is 0 Å². The van der Waals surface area contributed by atoms with Gasteiger partial charge in [0.25, 0.3) is 0 Å². The van der Waals surface area contributed by atoms with Crippen molar-refractivity contribution in [2.75, 3.05) is 0 Å². The number of hydrogen-bond acceptors (Lipinski definition) is 1. The highest BCUT2D eigenvalue weighted by atomic mass is 16.3. The second kappa shape index (κ2) is 6.07. The molecule has 0 aromatic heterocycles. The van der Waals surface area contributed by atoms with E-state index in [0.29, 0.717) is 12.2 Å². The van der Waals surface area contributed by atoms with E-state index in [2.05, 4.69) is 26.0 Å². The zero-order chi connectivity index (χ0) is 11.1. The number of aliphatic hydroxyl groups excluding tert-OH is 1. The minimum Gasteiger partial charge on any atom is -0.512 e. The van der Waals surface area contributed by atoms with Gasteiger partial charge in [0.1, 0.15) is 0 Å². The van der Waals surface area contributed by atoms with Crippen molar-refractivity contribution in [2.45, 2.75) is 26.7 Å². The standard InChI is InChI=1S/C14H18O/c1-3-4-5-6-14(15)11-13-9-7-12(2)8-10-13/h4-10,15H,3,11H2,1-2H3/b5-4+,14-6-. The molecule has 1 N–H and O–H groups in total. The maximum absolute atomic E-state index is 9.61. The molecule has 0 unspecified atom stereocenters. The van der Waals surface area contributed by atoms with Crippen LogP contribution in [0.4, 0.5) is 0 Å². The van der Waals surface area contributed by atoms with Gasteiger partial charge >= 0.3 is 0 Å². The van der Waals surface area contributed by atoms with Gasteiger partial charge in [0.2, 0.25) is 0 Å². The second-order valence-electron chi connectivity index (χ2n) is 3.66. The third kappa shape index (κ3) is 4.50. The molecule has 1 heteroatoms. The summed E-state index contributed by atoms with van der Waals surface area (Å²) in [4.78, 5) is 0. The Hall–Kier alpha value is -1.50. The maximum atomic E-state index is 9.61. The van der Waals surface area contributed by atoms with E-state index in [0.717, 1.165) is 12.0 Å². The van der Waals surface area contributed by atoms with Gasteiger partial charge in [0.05, 0.1) is 5.76 Å². The zero-order valence-electron chi connectivity index (χ0n) is 9.40. The molecular formula is C14H18O. The van der Waals surface area contributed by atoms with Crippen LogP contribution in [-0.2, 0) is 6.42 Å². The molecule has 80 valence electrons. The Kier molecular flexibility index (Phi) is 4.69. The van der Waals surface area contributed by atoms with E-state index in [1.54, 1.807) is 6.08 Å². The summed E-state index contributed by atoms with van der Waals surface area (Å²) in [6.45, 7) is 4.13. The molecule has 0 saturated heterocycles. The quantitative estimate of drug-likeness (QED) is 0.579. The number of allylic oxidation sites excluding steroid dienone is 4. The molecule has 0 aliphatic rings. The number of rotatable bonds is 4. The Labute approximate surface area is 91.8 Å². The van der Waals surface area contributed by atoms with Gasteiger partial charge in [0.15, 0.2) is 0 Å². The summed E-state index contributed by atoms with van der Waals surface area (Å²) in [5.74, 6) is 0.406. The van der Waals surface area contributed by atoms with Gasteiger partial charge < -0.3 is 5.11 Å². The molecule has 0 aliphatic carbocycles. The van der Waals surface area contributed by atoms with Crippen molar-refractivity contribution in [3.05, 3.63) is 59.4 Å². The van der Waals surface area contributed by atoms with Crippen LogP contribution in [0.2, 0.25) is 0 Å². The molecule has 0 amide bonds. The first kappa shape index (κ1) is 11.6. The fourth-order valence-corrected chi connectivity index (χ4v) is 1.29. The first-order valence-corrected chi connectivity index (χ1v) is 5.32. The molecular weight excluding hydrogens is 184 g/mol. The Morgan fingerprint density at radius 3 is 2.53 bits per heavy atom. The molecule has 1 nitrogen and oxygen atoms in total. The maximum Gasteiger partial charge on any atom is 0.0966 e. The number of aliphatic hydroxyl groups is 1. The van der Waals surface area contributed by atoms with Crippen LogP contribution in [-0.4, -0.2) is 5.11 Å². The summed E-state index contributed by atoms with van der Waals surface area (Å²) in [6, 6.07) is 8.21. The zero-order valence-corrected chi connectivity index (χ0v) is 9.40. The highest BCUT2D eigenvalue weighted by molar-refractivity contribution is 5.25. The van der Waals surface area contributed by atoms with Crippen LogP contribution in [0.25, 0.3) is 0 Å². The van der Waals surface area contributed by atoms with Crippen molar-refractivity contribution in [1.82, 2.24) is 0 Å². The number of benzene rings is 1. The van der Waals surface area contributed by atoms with Crippen molar-refractivity contribution >= 4 is 0 Å². The van der Waals surface area contributed by atoms with E-state index >= 15 is 0 Å². The van der Waals surface area contributed by atoms with Crippen molar-refractivity contribution in [2.24, 2.45) is 0 Å². The fraction of sp³-hybridized carbons (Fsp3) is 0.286. The largest absolute Gasteiger partial charge is 0.512 e. The summed E-state index contributed by atoms with van der Waals surface area (Å²) in [5, 5.41) is 9.61. The smallest absolute Gasteiger partial charge is 0.0966 e. The summed E-state index contributed by atoms with van der Waals surface area (Å²) >= 11 is 0. The van der Waals surface area contributed by atoms with Gasteiger partial charge in [0, 0.05) is 6.42 Å². The van der Waals surface area contributed by atoms with Crippen LogP contribution < -0.4 is 0 Å². The lowest BCUT2D eigenvalue weighted by molar-refractivity contribution is 0.399. The van der Waals surface area contributed by atoms with Crippen LogP contribution in [0.1, 0.15) is 24.5 Å². The normalized spacial score (nSPS) is 12.3. The molecule has 0 fully saturated rings. The summed E-state index contributed by atoms with van der Waals surface area (Å²) in [5.41, 5.74) is 2.38. The van der Waals surface area contributed by atoms with Crippen molar-refractivity contribution < 1.29 is 5.11 Å². The van der Waals surface area contributed by atoms with E-state index in [9.17, 15) is 5.11 Å². The average Bonchev–Trinajstić information content (AvgIpc) is 2.22. The van der Waals surface area contributed by atoms with Crippen molar-refractivity contribution in [3.63, 3.8) is 0 Å². The van der Waals surface area contributed by atoms with Gasteiger partial charge in [-0.15, -0.1) is 0 Å². The van der Waals surface area contributed by atoms with Crippen molar-refractivity contribution in [1.29, 1.82) is 0 Å². The lowest BCUT2D eigenvalue weighted by Crippen LogP contribution is -1.88. The van der Waals surface area contributed by atoms with Crippen LogP contribution in [0.3, 0.4) is 0 Å². The van der Waals surface area contributed by atoms with E-state index < -0.39 is 0 Å². The van der Waals surface area contributed by atoms with Gasteiger partial charge in [-0.25, -0.2) is 0 Å². The average molecular weight is 202 g/mol. The molecule has 0 aliphatic heterocycles. The third-order valence-electron chi connectivity index (χ3n) is 2.17. The fourth-order valence-electron chi connectivity index (χ4n) is 1.29. The van der Waals surface area contributed by atoms with E-state index in [4.69, 9.17) is 0 Å². The first-order chi connectivity index (χ1) is 7.22. The Morgan fingerprint density at radius 1 is 1.27 bits per heavy atom. The van der Waals surface area contributed by atoms with Crippen LogP contribution in [0, 0.1) is 6.92 Å². The van der Waals surface area contributed by atoms with Crippen molar-refractivity contribution in [3.8, 4) is 0 Å². The molecule has 0 radical (unpaired) electrons. The minimum atomic E-state index is 0.406. The first-order valence-electron chi connectivity index (χ1n) is 5.32. The van der Waals surface area contributed by atoms with Gasteiger partial charge in [-0.2, -0.15) is 0 Å². The Balaban J connectivity index is 2.58. The molecule has 0 spiro atoms. The topological polar surface area (TPSA) is 20.2 Å². The SMILES string of the molecule is CC/C=C/C=C(\O)Cc1ccc(C)cc1. The molecule has 1 aromatic carbocycles. The molecule has 1 aromatic rings. The summed E-state index contributed by atoms with van der Waals surface area (Å²) < 4.78 is 0. The third-order valence-corrected chi connectivity index (χ3v) is 2.17. The lowest BCUT2D eigenvalue weighted by atomic mass is 10.1. The van der Waals surface area contributed by atoms with Crippen LogP contribution in [0.15, 0.2) is 48.3 Å². The Bertz CT molecular complexity index is 344. The molecule has 1 rings (SSSR count). The molecule has 0 bridgehead atoms. The molecule has 0 saturated carbocycles. The number of aryl methyl sites for hydroxylation is 1. The monoisotopic (exact) mass is 202 g/mol. The minimum absolute atomic E-state index is 0.406. The summed E-state index contributed by atoms with van der Waals surface area (Å²) in [6.07, 6.45) is 7.26. The van der Waals surface area contributed by atoms with E-state index in [1.165, 1.54) is 5.56 Å². The van der Waals surface area contributed by atoms with E-state index in [1.807, 2.05) is 24.3 Å². The van der Waals surface area contributed by atoms with Crippen LogP contribution in [0.5, 0.6) is 0 Å². The molecule has 0 heterocycles. The van der Waals surface area contributed by atoms with Gasteiger partial charge in [-0.05, 0) is 25.0 Å². The predicted molar refractivity (Wildman–Crippen MR) is 65.0 cm³/mol. The Morgan fingerprint density at radius 2 is 1.93 bits per heavy atom.